The van der Waals surface area contributed by atoms with Crippen LogP contribution in [0.4, 0.5) is 4.79 Å². The number of aliphatic hydroxyl groups is 1. The summed E-state index contributed by atoms with van der Waals surface area (Å²) in [6.45, 7) is 2.45. The summed E-state index contributed by atoms with van der Waals surface area (Å²) >= 11 is 0. The Hall–Kier alpha value is -2.85. The molecule has 337 valence electrons. The van der Waals surface area contributed by atoms with Gasteiger partial charge in [-0.25, -0.2) is 14.4 Å². The van der Waals surface area contributed by atoms with Crippen molar-refractivity contribution in [3.05, 3.63) is 77.5 Å². The molecule has 5 N–H and O–H groups in total. The second kappa shape index (κ2) is 32.8. The van der Waals surface area contributed by atoms with Crippen LogP contribution in [0.1, 0.15) is 62.5 Å². The van der Waals surface area contributed by atoms with Crippen LogP contribution in [-0.2, 0) is 98.2 Å². The largest absolute Gasteiger partial charge is 0.674 e. The minimum absolute atomic E-state index is 0. The summed E-state index contributed by atoms with van der Waals surface area (Å²) < 4.78 is 36.7. The number of aliphatic hydroxyl groups excluding tert-OH is 1. The van der Waals surface area contributed by atoms with Gasteiger partial charge in [0.25, 0.3) is 0 Å². The molecule has 0 saturated carbocycles. The van der Waals surface area contributed by atoms with E-state index in [1.807, 2.05) is 48.5 Å². The van der Waals surface area contributed by atoms with Crippen molar-refractivity contribution in [1.82, 2.24) is 16.0 Å². The summed E-state index contributed by atoms with van der Waals surface area (Å²) in [5.74, 6) is -1.73. The maximum atomic E-state index is 13.4. The molecule has 0 bridgehead atoms. The Morgan fingerprint density at radius 1 is 0.672 bits per heavy atom. The summed E-state index contributed by atoms with van der Waals surface area (Å²) in [5.41, 5.74) is 8.79. The molecule has 17 nitrogen and oxygen atoms in total. The van der Waals surface area contributed by atoms with Gasteiger partial charge in [-0.05, 0) is 56.9 Å². The van der Waals surface area contributed by atoms with Gasteiger partial charge in [0, 0.05) is 44.2 Å². The van der Waals surface area contributed by atoms with E-state index in [9.17, 15) is 29.1 Å². The second-order valence-corrected chi connectivity index (χ2v) is 16.2. The third kappa shape index (κ3) is 22.9. The number of rotatable bonds is 25. The quantitative estimate of drug-likeness (QED) is 0.0467. The summed E-state index contributed by atoms with van der Waals surface area (Å²) in [6, 6.07) is 15.9. The van der Waals surface area contributed by atoms with Gasteiger partial charge in [-0.3, -0.25) is 9.59 Å². The molecular formula is C41H59N4O13S2Y-. The van der Waals surface area contributed by atoms with Crippen molar-refractivity contribution in [3.63, 3.8) is 0 Å². The number of hydrogen-bond acceptors (Lipinski definition) is 15. The van der Waals surface area contributed by atoms with Crippen LogP contribution in [-0.4, -0.2) is 124 Å². The van der Waals surface area contributed by atoms with E-state index in [0.717, 1.165) is 11.1 Å². The Kier molecular flexibility index (Phi) is 29.2. The van der Waals surface area contributed by atoms with Gasteiger partial charge >= 0.3 is 18.0 Å². The smallest absolute Gasteiger partial charge is 0.408 e. The van der Waals surface area contributed by atoms with E-state index >= 15 is 0 Å². The molecule has 4 atom stereocenters. The number of hydrogen-bond donors (Lipinski definition) is 4. The molecule has 0 aliphatic carbocycles. The molecule has 2 aliphatic heterocycles. The molecule has 2 fully saturated rings. The molecule has 20 heteroatoms. The van der Waals surface area contributed by atoms with Gasteiger partial charge in [-0.2, -0.15) is 0 Å². The number of methoxy groups -OCH3 is 2. The topological polar surface area (TPSA) is 230 Å². The number of ether oxygens (including phenoxy) is 7. The predicted molar refractivity (Wildman–Crippen MR) is 225 cm³/mol. The molecule has 2 saturated heterocycles. The third-order valence-electron chi connectivity index (χ3n) is 9.07. The van der Waals surface area contributed by atoms with Gasteiger partial charge in [-0.1, -0.05) is 87.8 Å². The van der Waals surface area contributed by atoms with Crippen molar-refractivity contribution in [2.75, 3.05) is 52.2 Å². The van der Waals surface area contributed by atoms with Gasteiger partial charge in [0.2, 0.25) is 11.8 Å². The van der Waals surface area contributed by atoms with Crippen LogP contribution in [0.3, 0.4) is 0 Å². The van der Waals surface area contributed by atoms with Crippen molar-refractivity contribution in [2.45, 2.75) is 101 Å². The normalized spacial score (nSPS) is 15.7. The van der Waals surface area contributed by atoms with Crippen LogP contribution in [0.25, 0.3) is 5.73 Å². The van der Waals surface area contributed by atoms with Crippen molar-refractivity contribution in [1.29, 1.82) is 0 Å². The van der Waals surface area contributed by atoms with Crippen molar-refractivity contribution < 1.29 is 94.9 Å². The molecule has 2 aliphatic rings. The minimum atomic E-state index is -1.36. The summed E-state index contributed by atoms with van der Waals surface area (Å²) in [6.07, 6.45) is 0.182. The van der Waals surface area contributed by atoms with Crippen LogP contribution >= 0.6 is 21.6 Å². The van der Waals surface area contributed by atoms with Crippen molar-refractivity contribution in [3.8, 4) is 0 Å². The fourth-order valence-electron chi connectivity index (χ4n) is 5.79. The predicted octanol–water partition coefficient (Wildman–Crippen LogP) is 4.44. The van der Waals surface area contributed by atoms with Crippen LogP contribution in [0.2, 0.25) is 0 Å². The molecule has 61 heavy (non-hydrogen) atoms. The van der Waals surface area contributed by atoms with Crippen LogP contribution in [0.5, 0.6) is 0 Å². The molecule has 2 aromatic rings. The number of nitrogens with one attached hydrogen (secondary N) is 4. The monoisotopic (exact) mass is 968 g/mol. The fourth-order valence-corrected chi connectivity index (χ4v) is 7.97. The zero-order valence-corrected chi connectivity index (χ0v) is 39.3. The van der Waals surface area contributed by atoms with E-state index in [2.05, 4.69) is 16.0 Å². The van der Waals surface area contributed by atoms with E-state index in [0.29, 0.717) is 76.6 Å². The van der Waals surface area contributed by atoms with Crippen LogP contribution in [0, 0.1) is 0 Å². The molecule has 4 unspecified atom stereocenters. The maximum Gasteiger partial charge on any atom is 0.408 e. The third-order valence-corrected chi connectivity index (χ3v) is 11.5. The first kappa shape index (κ1) is 54.3. The Balaban J connectivity index is 0.00000127. The number of alkyl carbamates (subject to hydrolysis) is 1. The SMILES string of the molecule is COC(=O)C(CCCC1OCCO1)NC(=O)C(O)CCSSCCC(NC(=O)OCc1ccccc1)C(=O)NC(CCCC1OCCO1)C(=O)OC.[NH-]Cc1ccccc1.[Y]. The molecule has 2 heterocycles. The summed E-state index contributed by atoms with van der Waals surface area (Å²) in [4.78, 5) is 63.5. The van der Waals surface area contributed by atoms with Gasteiger partial charge < -0.3 is 59.9 Å². The first-order chi connectivity index (χ1) is 29.1. The molecule has 4 rings (SSSR count). The average molecular weight is 969 g/mol. The first-order valence-corrected chi connectivity index (χ1v) is 22.4. The van der Waals surface area contributed by atoms with Crippen LogP contribution in [0.15, 0.2) is 60.7 Å². The van der Waals surface area contributed by atoms with E-state index in [4.69, 9.17) is 38.9 Å². The number of carbonyl (C=O) groups is 5. The molecule has 2 aromatic carbocycles. The van der Waals surface area contributed by atoms with Gasteiger partial charge in [0.15, 0.2) is 12.6 Å². The van der Waals surface area contributed by atoms with Crippen molar-refractivity contribution >= 4 is 51.4 Å². The molecule has 1 radical (unpaired) electrons. The summed E-state index contributed by atoms with van der Waals surface area (Å²) in [5, 5.41) is 18.3. The van der Waals surface area contributed by atoms with Gasteiger partial charge in [0.1, 0.15) is 30.8 Å². The Labute approximate surface area is 390 Å². The standard InChI is InChI=1S/C34H51N3O13S2.C7H8N.Y/c1-44-32(41)25(10-6-12-28-46-16-17-47-28)35-30(39)24(37-34(43)50-22-23-8-4-3-5-9-23)14-20-51-52-21-15-27(38)31(40)36-26(33(42)45-2)11-7-13-29-48-18-19-49-29;8-6-7-4-2-1-3-5-7;/h3-5,8-9,24-29,38H,6-7,10-22H2,1-2H3,(H,35,39)(H,36,40)(H,37,43);1-5,8H,6H2;/q;-1;. The Morgan fingerprint density at radius 3 is 1.59 bits per heavy atom. The van der Waals surface area contributed by atoms with E-state index in [1.54, 1.807) is 12.1 Å². The Morgan fingerprint density at radius 2 is 1.13 bits per heavy atom. The molecular weight excluding hydrogens is 910 g/mol. The zero-order chi connectivity index (χ0) is 43.4. The molecule has 3 amide bonds. The first-order valence-electron chi connectivity index (χ1n) is 19.9. The van der Waals surface area contributed by atoms with Gasteiger partial charge in [-0.15, -0.1) is 6.54 Å². The number of esters is 2. The molecule has 0 spiro atoms. The minimum Gasteiger partial charge on any atom is -0.674 e. The zero-order valence-electron chi connectivity index (χ0n) is 34.8. The van der Waals surface area contributed by atoms with Crippen molar-refractivity contribution in [2.24, 2.45) is 0 Å². The van der Waals surface area contributed by atoms with E-state index in [1.165, 1.54) is 35.8 Å². The van der Waals surface area contributed by atoms with Crippen LogP contribution < -0.4 is 16.0 Å². The van der Waals surface area contributed by atoms with E-state index in [-0.39, 0.29) is 71.2 Å². The fraction of sp³-hybridized carbons (Fsp3) is 0.585. The summed E-state index contributed by atoms with van der Waals surface area (Å²) in [7, 11) is 5.21. The maximum absolute atomic E-state index is 13.4. The number of carbonyl (C=O) groups excluding carboxylic acids is 5. The Bertz CT molecular complexity index is 1540. The number of benzene rings is 2. The molecule has 0 aromatic heterocycles. The van der Waals surface area contributed by atoms with E-state index < -0.39 is 54.1 Å². The second-order valence-electron chi connectivity index (χ2n) is 13.5. The van der Waals surface area contributed by atoms with Gasteiger partial charge in [0.05, 0.1) is 40.6 Å². The number of amides is 3. The average Bonchev–Trinajstić information content (AvgIpc) is 4.01.